The summed E-state index contributed by atoms with van der Waals surface area (Å²) in [5.41, 5.74) is 3.01. The number of hydrogen-bond acceptors (Lipinski definition) is 6. The second kappa shape index (κ2) is 8.33. The number of hydrogen-bond donors (Lipinski definition) is 2. The van der Waals surface area contributed by atoms with E-state index in [4.69, 9.17) is 4.74 Å². The Morgan fingerprint density at radius 1 is 1.10 bits per heavy atom. The number of thiophene rings is 1. The van der Waals surface area contributed by atoms with Crippen molar-refractivity contribution in [2.75, 3.05) is 36.5 Å². The van der Waals surface area contributed by atoms with E-state index in [0.29, 0.717) is 34.7 Å². The molecule has 1 saturated heterocycles. The van der Waals surface area contributed by atoms with Crippen LogP contribution in [0.25, 0.3) is 22.0 Å². The number of aromatic amines is 1. The number of carbonyl (C=O) groups is 1. The number of amides is 1. The van der Waals surface area contributed by atoms with Gasteiger partial charge < -0.3 is 19.9 Å². The molecule has 0 aliphatic carbocycles. The third-order valence-electron chi connectivity index (χ3n) is 5.22. The van der Waals surface area contributed by atoms with Crippen LogP contribution < -0.4 is 15.8 Å². The zero-order valence-corrected chi connectivity index (χ0v) is 17.4. The van der Waals surface area contributed by atoms with Gasteiger partial charge in [0, 0.05) is 24.3 Å². The first kappa shape index (κ1) is 19.5. The number of nitrogens with one attached hydrogen (secondary N) is 2. The van der Waals surface area contributed by atoms with E-state index in [1.165, 1.54) is 17.7 Å². The van der Waals surface area contributed by atoms with Crippen molar-refractivity contribution in [3.05, 3.63) is 76.2 Å². The van der Waals surface area contributed by atoms with Crippen LogP contribution in [0.3, 0.4) is 0 Å². The minimum atomic E-state index is -0.238. The molecule has 0 atom stereocenters. The first-order valence-corrected chi connectivity index (χ1v) is 10.8. The van der Waals surface area contributed by atoms with Gasteiger partial charge in [0.2, 0.25) is 0 Å². The minimum Gasteiger partial charge on any atom is -0.378 e. The fourth-order valence-corrected chi connectivity index (χ4v) is 4.79. The summed E-state index contributed by atoms with van der Waals surface area (Å²) < 4.78 is 5.50. The van der Waals surface area contributed by atoms with E-state index in [1.807, 2.05) is 24.3 Å². The van der Waals surface area contributed by atoms with Crippen LogP contribution in [0.5, 0.6) is 0 Å². The molecule has 1 amide bonds. The van der Waals surface area contributed by atoms with Crippen LogP contribution in [0.1, 0.15) is 9.67 Å². The van der Waals surface area contributed by atoms with Gasteiger partial charge >= 0.3 is 0 Å². The van der Waals surface area contributed by atoms with Crippen molar-refractivity contribution in [1.29, 1.82) is 0 Å². The number of rotatable bonds is 4. The molecule has 2 aromatic carbocycles. The Balaban J connectivity index is 1.48. The summed E-state index contributed by atoms with van der Waals surface area (Å²) in [5.74, 6) is -0.207. The van der Waals surface area contributed by atoms with Crippen molar-refractivity contribution in [3.63, 3.8) is 0 Å². The van der Waals surface area contributed by atoms with Crippen LogP contribution in [0.4, 0.5) is 10.7 Å². The van der Waals surface area contributed by atoms with Gasteiger partial charge in [0.25, 0.3) is 11.5 Å². The molecule has 1 aliphatic rings. The SMILES string of the molecule is O=C(Nc1ccc2nc[nH]c(=O)c2c1)c1cc(-c2ccccc2)c(N2CCOCC2)s1. The molecule has 0 saturated carbocycles. The smallest absolute Gasteiger partial charge is 0.265 e. The fraction of sp³-hybridized carbons (Fsp3) is 0.174. The normalized spacial score (nSPS) is 14.0. The summed E-state index contributed by atoms with van der Waals surface area (Å²) in [6, 6.07) is 17.1. The molecule has 0 spiro atoms. The van der Waals surface area contributed by atoms with Crippen LogP contribution >= 0.6 is 11.3 Å². The first-order chi connectivity index (χ1) is 15.2. The molecule has 1 fully saturated rings. The van der Waals surface area contributed by atoms with Crippen LogP contribution in [0, 0.1) is 0 Å². The van der Waals surface area contributed by atoms with Gasteiger partial charge in [-0.1, -0.05) is 30.3 Å². The Hall–Kier alpha value is -3.49. The van der Waals surface area contributed by atoms with E-state index in [1.54, 1.807) is 18.2 Å². The highest BCUT2D eigenvalue weighted by Crippen LogP contribution is 2.39. The molecule has 0 unspecified atom stereocenters. The first-order valence-electron chi connectivity index (χ1n) is 10.00. The molecule has 31 heavy (non-hydrogen) atoms. The molecule has 5 rings (SSSR count). The third-order valence-corrected chi connectivity index (χ3v) is 6.41. The lowest BCUT2D eigenvalue weighted by molar-refractivity contribution is 0.103. The summed E-state index contributed by atoms with van der Waals surface area (Å²) >= 11 is 1.47. The van der Waals surface area contributed by atoms with Crippen LogP contribution in [-0.4, -0.2) is 42.2 Å². The van der Waals surface area contributed by atoms with E-state index in [0.717, 1.165) is 29.2 Å². The molecule has 0 radical (unpaired) electrons. The van der Waals surface area contributed by atoms with E-state index < -0.39 is 0 Å². The lowest BCUT2D eigenvalue weighted by atomic mass is 10.1. The molecule has 4 aromatic rings. The summed E-state index contributed by atoms with van der Waals surface area (Å²) in [5, 5.41) is 4.42. The number of H-pyrrole nitrogens is 1. The Kier molecular flexibility index (Phi) is 5.23. The monoisotopic (exact) mass is 432 g/mol. The number of nitrogens with zero attached hydrogens (tertiary/aromatic N) is 2. The van der Waals surface area contributed by atoms with Gasteiger partial charge in [-0.3, -0.25) is 9.59 Å². The van der Waals surface area contributed by atoms with E-state index in [2.05, 4.69) is 32.3 Å². The Labute approximate surface area is 182 Å². The predicted octanol–water partition coefficient (Wildman–Crippen LogP) is 3.74. The second-order valence-electron chi connectivity index (χ2n) is 7.21. The Bertz CT molecular complexity index is 1290. The van der Waals surface area contributed by atoms with E-state index >= 15 is 0 Å². The second-order valence-corrected chi connectivity index (χ2v) is 8.24. The molecular formula is C23H20N4O3S. The lowest BCUT2D eigenvalue weighted by Gasteiger charge is -2.28. The van der Waals surface area contributed by atoms with Crippen LogP contribution in [-0.2, 0) is 4.74 Å². The molecular weight excluding hydrogens is 412 g/mol. The van der Waals surface area contributed by atoms with Crippen molar-refractivity contribution in [2.45, 2.75) is 0 Å². The van der Waals surface area contributed by atoms with E-state index in [-0.39, 0.29) is 11.5 Å². The third kappa shape index (κ3) is 3.95. The summed E-state index contributed by atoms with van der Waals surface area (Å²) in [7, 11) is 0. The molecule has 0 bridgehead atoms. The number of ether oxygens (including phenoxy) is 1. The van der Waals surface area contributed by atoms with Crippen molar-refractivity contribution in [3.8, 4) is 11.1 Å². The molecule has 2 N–H and O–H groups in total. The Morgan fingerprint density at radius 2 is 1.90 bits per heavy atom. The Morgan fingerprint density at radius 3 is 2.71 bits per heavy atom. The van der Waals surface area contributed by atoms with Crippen molar-refractivity contribution >= 4 is 38.8 Å². The van der Waals surface area contributed by atoms with Gasteiger partial charge in [-0.15, -0.1) is 11.3 Å². The van der Waals surface area contributed by atoms with Gasteiger partial charge in [0.15, 0.2) is 0 Å². The summed E-state index contributed by atoms with van der Waals surface area (Å²) in [6.07, 6.45) is 1.37. The summed E-state index contributed by atoms with van der Waals surface area (Å²) in [4.78, 5) is 34.7. The molecule has 156 valence electrons. The van der Waals surface area contributed by atoms with Gasteiger partial charge in [-0.05, 0) is 29.8 Å². The van der Waals surface area contributed by atoms with Gasteiger partial charge in [-0.25, -0.2) is 4.98 Å². The highest BCUT2D eigenvalue weighted by atomic mass is 32.1. The molecule has 3 heterocycles. The largest absolute Gasteiger partial charge is 0.378 e. The topological polar surface area (TPSA) is 87.3 Å². The molecule has 8 heteroatoms. The number of anilines is 2. The maximum Gasteiger partial charge on any atom is 0.265 e. The van der Waals surface area contributed by atoms with Crippen molar-refractivity contribution < 1.29 is 9.53 Å². The maximum absolute atomic E-state index is 13.1. The number of aromatic nitrogens is 2. The predicted molar refractivity (Wildman–Crippen MR) is 123 cm³/mol. The maximum atomic E-state index is 13.1. The van der Waals surface area contributed by atoms with E-state index in [9.17, 15) is 9.59 Å². The van der Waals surface area contributed by atoms with Crippen LogP contribution in [0.2, 0.25) is 0 Å². The zero-order chi connectivity index (χ0) is 21.2. The minimum absolute atomic E-state index is 0.207. The molecule has 2 aromatic heterocycles. The van der Waals surface area contributed by atoms with Crippen molar-refractivity contribution in [2.24, 2.45) is 0 Å². The fourth-order valence-electron chi connectivity index (χ4n) is 3.66. The quantitative estimate of drug-likeness (QED) is 0.513. The number of benzene rings is 2. The number of fused-ring (bicyclic) bond motifs is 1. The highest BCUT2D eigenvalue weighted by Gasteiger charge is 2.22. The van der Waals surface area contributed by atoms with Gasteiger partial charge in [0.05, 0.1) is 40.3 Å². The standard InChI is InChI=1S/C23H20N4O3S/c28-21-18-12-16(6-7-19(18)24-14-25-21)26-22(29)20-13-17(15-4-2-1-3-5-15)23(31-20)27-8-10-30-11-9-27/h1-7,12-14H,8-11H2,(H,26,29)(H,24,25,28). The zero-order valence-electron chi connectivity index (χ0n) is 16.6. The lowest BCUT2D eigenvalue weighted by Crippen LogP contribution is -2.35. The molecule has 7 nitrogen and oxygen atoms in total. The van der Waals surface area contributed by atoms with Gasteiger partial charge in [0.1, 0.15) is 0 Å². The average molecular weight is 433 g/mol. The van der Waals surface area contributed by atoms with Crippen molar-refractivity contribution in [1.82, 2.24) is 9.97 Å². The summed E-state index contributed by atoms with van der Waals surface area (Å²) in [6.45, 7) is 2.93. The molecule has 1 aliphatic heterocycles. The average Bonchev–Trinajstić information content (AvgIpc) is 3.27. The number of carbonyl (C=O) groups excluding carboxylic acids is 1. The number of morpholine rings is 1. The highest BCUT2D eigenvalue weighted by molar-refractivity contribution is 7.18. The van der Waals surface area contributed by atoms with Crippen LogP contribution in [0.15, 0.2) is 65.7 Å². The van der Waals surface area contributed by atoms with Gasteiger partial charge in [-0.2, -0.15) is 0 Å².